The van der Waals surface area contributed by atoms with Crippen LogP contribution in [0.2, 0.25) is 10.2 Å². The van der Waals surface area contributed by atoms with Crippen molar-refractivity contribution in [2.45, 2.75) is 13.3 Å². The summed E-state index contributed by atoms with van der Waals surface area (Å²) in [7, 11) is 0. The van der Waals surface area contributed by atoms with Gasteiger partial charge in [-0.25, -0.2) is 14.4 Å². The van der Waals surface area contributed by atoms with Crippen molar-refractivity contribution in [1.29, 1.82) is 0 Å². The van der Waals surface area contributed by atoms with Crippen LogP contribution in [0.3, 0.4) is 0 Å². The van der Waals surface area contributed by atoms with E-state index in [2.05, 4.69) is 15.3 Å². The van der Waals surface area contributed by atoms with Crippen LogP contribution in [-0.2, 0) is 6.42 Å². The predicted molar refractivity (Wildman–Crippen MR) is 71.1 cm³/mol. The van der Waals surface area contributed by atoms with Crippen LogP contribution < -0.4 is 5.32 Å². The molecule has 0 aliphatic rings. The van der Waals surface area contributed by atoms with Crippen molar-refractivity contribution in [3.05, 3.63) is 46.1 Å². The van der Waals surface area contributed by atoms with Crippen LogP contribution in [0.5, 0.6) is 0 Å². The van der Waals surface area contributed by atoms with Crippen molar-refractivity contribution in [1.82, 2.24) is 9.97 Å². The fourth-order valence-electron chi connectivity index (χ4n) is 1.52. The average molecular weight is 286 g/mol. The number of benzene rings is 1. The molecule has 0 aliphatic heterocycles. The van der Waals surface area contributed by atoms with Crippen molar-refractivity contribution < 1.29 is 4.39 Å². The molecular weight excluding hydrogens is 276 g/mol. The van der Waals surface area contributed by atoms with E-state index >= 15 is 0 Å². The van der Waals surface area contributed by atoms with E-state index in [0.717, 1.165) is 5.56 Å². The molecule has 0 bridgehead atoms. The Morgan fingerprint density at radius 3 is 2.72 bits per heavy atom. The van der Waals surface area contributed by atoms with Gasteiger partial charge in [0.25, 0.3) is 0 Å². The number of anilines is 2. The van der Waals surface area contributed by atoms with E-state index in [-0.39, 0.29) is 5.02 Å². The minimum absolute atomic E-state index is 0.0539. The van der Waals surface area contributed by atoms with Crippen molar-refractivity contribution in [2.75, 3.05) is 5.32 Å². The summed E-state index contributed by atoms with van der Waals surface area (Å²) >= 11 is 11.7. The van der Waals surface area contributed by atoms with Crippen LogP contribution in [0, 0.1) is 5.82 Å². The van der Waals surface area contributed by atoms with E-state index in [1.165, 1.54) is 18.5 Å². The number of aromatic nitrogens is 2. The van der Waals surface area contributed by atoms with Crippen molar-refractivity contribution in [3.8, 4) is 0 Å². The molecule has 1 aromatic heterocycles. The summed E-state index contributed by atoms with van der Waals surface area (Å²) in [6.45, 7) is 1.95. The van der Waals surface area contributed by atoms with Gasteiger partial charge in [0.05, 0.1) is 5.02 Å². The maximum atomic E-state index is 13.0. The van der Waals surface area contributed by atoms with E-state index in [0.29, 0.717) is 23.1 Å². The highest BCUT2D eigenvalue weighted by Gasteiger charge is 2.09. The number of rotatable bonds is 3. The Labute approximate surface area is 114 Å². The third-order valence-corrected chi connectivity index (χ3v) is 3.04. The quantitative estimate of drug-likeness (QED) is 0.858. The minimum atomic E-state index is -0.460. The lowest BCUT2D eigenvalue weighted by Gasteiger charge is -2.10. The Hall–Kier alpha value is -1.39. The smallest absolute Gasteiger partial charge is 0.141 e. The first-order chi connectivity index (χ1) is 8.61. The third kappa shape index (κ3) is 2.71. The Morgan fingerprint density at radius 2 is 2.06 bits per heavy atom. The van der Waals surface area contributed by atoms with Crippen LogP contribution in [0.25, 0.3) is 0 Å². The van der Waals surface area contributed by atoms with Crippen molar-refractivity contribution >= 4 is 34.7 Å². The van der Waals surface area contributed by atoms with Crippen molar-refractivity contribution in [3.63, 3.8) is 0 Å². The highest BCUT2D eigenvalue weighted by molar-refractivity contribution is 6.31. The van der Waals surface area contributed by atoms with Crippen LogP contribution in [0.15, 0.2) is 24.5 Å². The lowest BCUT2D eigenvalue weighted by atomic mass is 10.2. The largest absolute Gasteiger partial charge is 0.340 e. The molecule has 2 rings (SSSR count). The summed E-state index contributed by atoms with van der Waals surface area (Å²) < 4.78 is 13.0. The molecule has 0 fully saturated rings. The number of halogens is 3. The summed E-state index contributed by atoms with van der Waals surface area (Å²) in [6.07, 6.45) is 2.06. The second-order valence-corrected chi connectivity index (χ2v) is 4.36. The predicted octanol–water partition coefficient (Wildman–Crippen LogP) is 4.23. The third-order valence-electron chi connectivity index (χ3n) is 2.43. The van der Waals surface area contributed by atoms with E-state index in [9.17, 15) is 4.39 Å². The molecule has 2 aromatic rings. The molecule has 0 amide bonds. The van der Waals surface area contributed by atoms with E-state index in [4.69, 9.17) is 23.2 Å². The molecule has 0 saturated heterocycles. The number of hydrogen-bond acceptors (Lipinski definition) is 3. The lowest BCUT2D eigenvalue weighted by Crippen LogP contribution is -2.00. The standard InChI is InChI=1S/C12H10Cl2FN3/c1-2-8-11(14)16-6-17-12(8)18-7-3-4-10(15)9(13)5-7/h3-6H,2H2,1H3,(H,16,17,18). The first-order valence-electron chi connectivity index (χ1n) is 5.33. The van der Waals surface area contributed by atoms with Gasteiger partial charge in [-0.15, -0.1) is 0 Å². The lowest BCUT2D eigenvalue weighted by molar-refractivity contribution is 0.628. The SMILES string of the molecule is CCc1c(Cl)ncnc1Nc1ccc(F)c(Cl)c1. The topological polar surface area (TPSA) is 37.8 Å². The van der Waals surface area contributed by atoms with Gasteiger partial charge in [0, 0.05) is 11.3 Å². The molecule has 1 N–H and O–H groups in total. The second kappa shape index (κ2) is 5.50. The van der Waals surface area contributed by atoms with E-state index < -0.39 is 5.82 Å². The number of nitrogens with one attached hydrogen (secondary N) is 1. The van der Waals surface area contributed by atoms with E-state index in [1.54, 1.807) is 6.07 Å². The molecule has 18 heavy (non-hydrogen) atoms. The molecule has 6 heteroatoms. The van der Waals surface area contributed by atoms with Gasteiger partial charge >= 0.3 is 0 Å². The normalized spacial score (nSPS) is 10.4. The maximum Gasteiger partial charge on any atom is 0.141 e. The van der Waals surface area contributed by atoms with Crippen molar-refractivity contribution in [2.24, 2.45) is 0 Å². The van der Waals surface area contributed by atoms with Gasteiger partial charge in [-0.05, 0) is 24.6 Å². The van der Waals surface area contributed by atoms with Gasteiger partial charge in [-0.1, -0.05) is 30.1 Å². The molecule has 1 heterocycles. The van der Waals surface area contributed by atoms with Gasteiger partial charge in [0.1, 0.15) is 23.1 Å². The zero-order chi connectivity index (χ0) is 13.1. The zero-order valence-electron chi connectivity index (χ0n) is 9.54. The number of hydrogen-bond donors (Lipinski definition) is 1. The maximum absolute atomic E-state index is 13.0. The van der Waals surface area contributed by atoms with Gasteiger partial charge in [0.2, 0.25) is 0 Å². The minimum Gasteiger partial charge on any atom is -0.340 e. The molecule has 0 radical (unpaired) electrons. The molecule has 1 aromatic carbocycles. The van der Waals surface area contributed by atoms with Crippen LogP contribution in [0.1, 0.15) is 12.5 Å². The summed E-state index contributed by atoms with van der Waals surface area (Å²) in [5.74, 6) is 0.138. The molecule has 3 nitrogen and oxygen atoms in total. The van der Waals surface area contributed by atoms with Crippen LogP contribution >= 0.6 is 23.2 Å². The van der Waals surface area contributed by atoms with Gasteiger partial charge in [-0.3, -0.25) is 0 Å². The average Bonchev–Trinajstić information content (AvgIpc) is 2.34. The van der Waals surface area contributed by atoms with Gasteiger partial charge in [-0.2, -0.15) is 0 Å². The fourth-order valence-corrected chi connectivity index (χ4v) is 1.97. The Kier molecular flexibility index (Phi) is 3.99. The molecular formula is C12H10Cl2FN3. The summed E-state index contributed by atoms with van der Waals surface area (Å²) in [6, 6.07) is 4.36. The first-order valence-corrected chi connectivity index (χ1v) is 6.09. The molecule has 0 aliphatic carbocycles. The molecule has 0 atom stereocenters. The second-order valence-electron chi connectivity index (χ2n) is 3.60. The molecule has 0 saturated carbocycles. The van der Waals surface area contributed by atoms with Gasteiger partial charge in [0.15, 0.2) is 0 Å². The van der Waals surface area contributed by atoms with Gasteiger partial charge < -0.3 is 5.32 Å². The Morgan fingerprint density at radius 1 is 1.28 bits per heavy atom. The van der Waals surface area contributed by atoms with E-state index in [1.807, 2.05) is 6.92 Å². The number of nitrogens with zero attached hydrogens (tertiary/aromatic N) is 2. The summed E-state index contributed by atoms with van der Waals surface area (Å²) in [4.78, 5) is 8.03. The first kappa shape index (κ1) is 13.1. The fraction of sp³-hybridized carbons (Fsp3) is 0.167. The zero-order valence-corrected chi connectivity index (χ0v) is 11.1. The monoisotopic (exact) mass is 285 g/mol. The Balaban J connectivity index is 2.34. The molecule has 0 unspecified atom stereocenters. The highest BCUT2D eigenvalue weighted by Crippen LogP contribution is 2.26. The molecule has 0 spiro atoms. The summed E-state index contributed by atoms with van der Waals surface area (Å²) in [5, 5.41) is 3.51. The van der Waals surface area contributed by atoms with Crippen LogP contribution in [-0.4, -0.2) is 9.97 Å². The summed E-state index contributed by atoms with van der Waals surface area (Å²) in [5.41, 5.74) is 1.45. The highest BCUT2D eigenvalue weighted by atomic mass is 35.5. The van der Waals surface area contributed by atoms with Crippen LogP contribution in [0.4, 0.5) is 15.9 Å². The Bertz CT molecular complexity index is 575. The molecule has 94 valence electrons.